The second-order valence-corrected chi connectivity index (χ2v) is 4.75. The highest BCUT2D eigenvalue weighted by Gasteiger charge is 2.29. The lowest BCUT2D eigenvalue weighted by atomic mass is 9.99. The monoisotopic (exact) mass is 299 g/mol. The van der Waals surface area contributed by atoms with E-state index in [4.69, 9.17) is 18.9 Å². The Morgan fingerprint density at radius 1 is 1.29 bits per heavy atom. The van der Waals surface area contributed by atoms with Crippen LogP contribution in [0.5, 0.6) is 11.5 Å². The van der Waals surface area contributed by atoms with E-state index in [2.05, 4.69) is 5.32 Å². The molecule has 2 unspecified atom stereocenters. The molecule has 0 radical (unpaired) electrons. The molecular formula is C15H22FNO4. The van der Waals surface area contributed by atoms with Crippen LogP contribution in [-0.2, 0) is 9.47 Å². The largest absolute Gasteiger partial charge is 0.493 e. The van der Waals surface area contributed by atoms with E-state index in [9.17, 15) is 4.39 Å². The predicted molar refractivity (Wildman–Crippen MR) is 76.5 cm³/mol. The van der Waals surface area contributed by atoms with Gasteiger partial charge in [-0.3, -0.25) is 0 Å². The molecule has 118 valence electrons. The summed E-state index contributed by atoms with van der Waals surface area (Å²) in [5, 5.41) is 3.26. The molecule has 1 aliphatic heterocycles. The third-order valence-corrected chi connectivity index (χ3v) is 3.48. The van der Waals surface area contributed by atoms with Crippen LogP contribution in [0.4, 0.5) is 4.39 Å². The molecule has 0 bridgehead atoms. The number of halogens is 1. The summed E-state index contributed by atoms with van der Waals surface area (Å²) in [5.74, 6) is 0.510. The zero-order valence-corrected chi connectivity index (χ0v) is 12.6. The van der Waals surface area contributed by atoms with Crippen molar-refractivity contribution in [2.75, 3.05) is 40.6 Å². The van der Waals surface area contributed by atoms with Crippen molar-refractivity contribution in [2.24, 2.45) is 0 Å². The highest BCUT2D eigenvalue weighted by atomic mass is 19.1. The SMILES string of the molecule is CCNC(c1cc(OC)c(OC)cc1F)C1COCCO1. The topological polar surface area (TPSA) is 49.0 Å². The van der Waals surface area contributed by atoms with Crippen molar-refractivity contribution in [3.63, 3.8) is 0 Å². The van der Waals surface area contributed by atoms with E-state index in [-0.39, 0.29) is 18.0 Å². The first-order valence-corrected chi connectivity index (χ1v) is 7.05. The quantitative estimate of drug-likeness (QED) is 0.869. The van der Waals surface area contributed by atoms with Gasteiger partial charge in [0.05, 0.1) is 40.1 Å². The second kappa shape index (κ2) is 7.59. The van der Waals surface area contributed by atoms with Crippen LogP contribution >= 0.6 is 0 Å². The maximum absolute atomic E-state index is 14.4. The fourth-order valence-electron chi connectivity index (χ4n) is 2.47. The summed E-state index contributed by atoms with van der Waals surface area (Å²) in [5.41, 5.74) is 0.491. The summed E-state index contributed by atoms with van der Waals surface area (Å²) in [7, 11) is 3.01. The minimum Gasteiger partial charge on any atom is -0.493 e. The van der Waals surface area contributed by atoms with Crippen molar-refractivity contribution in [1.82, 2.24) is 5.32 Å². The summed E-state index contributed by atoms with van der Waals surface area (Å²) in [4.78, 5) is 0. The highest BCUT2D eigenvalue weighted by Crippen LogP contribution is 2.34. The summed E-state index contributed by atoms with van der Waals surface area (Å²) < 4.78 is 35.9. The molecule has 0 aliphatic carbocycles. The van der Waals surface area contributed by atoms with Crippen LogP contribution in [0, 0.1) is 5.82 Å². The van der Waals surface area contributed by atoms with Gasteiger partial charge in [-0.2, -0.15) is 0 Å². The maximum Gasteiger partial charge on any atom is 0.163 e. The van der Waals surface area contributed by atoms with Crippen molar-refractivity contribution >= 4 is 0 Å². The molecule has 1 N–H and O–H groups in total. The zero-order valence-electron chi connectivity index (χ0n) is 12.6. The summed E-state index contributed by atoms with van der Waals surface area (Å²) in [6.07, 6.45) is -0.230. The Morgan fingerprint density at radius 2 is 2.00 bits per heavy atom. The van der Waals surface area contributed by atoms with E-state index in [1.54, 1.807) is 6.07 Å². The van der Waals surface area contributed by atoms with Gasteiger partial charge in [0.2, 0.25) is 0 Å². The van der Waals surface area contributed by atoms with Crippen LogP contribution < -0.4 is 14.8 Å². The van der Waals surface area contributed by atoms with Gasteiger partial charge >= 0.3 is 0 Å². The molecule has 0 amide bonds. The lowest BCUT2D eigenvalue weighted by Crippen LogP contribution is -2.41. The van der Waals surface area contributed by atoms with Crippen LogP contribution in [0.25, 0.3) is 0 Å². The molecular weight excluding hydrogens is 277 g/mol. The minimum absolute atomic E-state index is 0.230. The van der Waals surface area contributed by atoms with Crippen LogP contribution in [-0.4, -0.2) is 46.7 Å². The first-order valence-electron chi connectivity index (χ1n) is 7.05. The lowest BCUT2D eigenvalue weighted by Gasteiger charge is -2.31. The third kappa shape index (κ3) is 3.64. The van der Waals surface area contributed by atoms with E-state index >= 15 is 0 Å². The molecule has 6 heteroatoms. The molecule has 0 spiro atoms. The Bertz CT molecular complexity index is 463. The van der Waals surface area contributed by atoms with Gasteiger partial charge in [0.1, 0.15) is 11.9 Å². The van der Waals surface area contributed by atoms with Crippen LogP contribution in [0.1, 0.15) is 18.5 Å². The van der Waals surface area contributed by atoms with E-state index in [1.807, 2.05) is 6.92 Å². The second-order valence-electron chi connectivity index (χ2n) is 4.75. The Kier molecular flexibility index (Phi) is 5.78. The van der Waals surface area contributed by atoms with Crippen LogP contribution in [0.15, 0.2) is 12.1 Å². The summed E-state index contributed by atoms with van der Waals surface area (Å²) >= 11 is 0. The molecule has 0 aromatic heterocycles. The van der Waals surface area contributed by atoms with Crippen LogP contribution in [0.2, 0.25) is 0 Å². The standard InChI is InChI=1S/C15H22FNO4/c1-4-17-15(14-9-20-5-6-21-14)10-7-12(18-2)13(19-3)8-11(10)16/h7-8,14-15,17H,4-6,9H2,1-3H3. The zero-order chi connectivity index (χ0) is 15.2. The molecule has 1 heterocycles. The fourth-order valence-corrected chi connectivity index (χ4v) is 2.47. The molecule has 5 nitrogen and oxygen atoms in total. The number of nitrogens with one attached hydrogen (secondary N) is 1. The minimum atomic E-state index is -0.354. The van der Waals surface area contributed by atoms with Crippen molar-refractivity contribution < 1.29 is 23.3 Å². The first kappa shape index (κ1) is 16.0. The Morgan fingerprint density at radius 3 is 2.57 bits per heavy atom. The summed E-state index contributed by atoms with van der Waals surface area (Å²) in [6, 6.07) is 2.69. The first-order chi connectivity index (χ1) is 10.2. The average molecular weight is 299 g/mol. The van der Waals surface area contributed by atoms with Gasteiger partial charge in [0.25, 0.3) is 0 Å². The number of ether oxygens (including phenoxy) is 4. The predicted octanol–water partition coefficient (Wildman–Crippen LogP) is 1.91. The molecule has 2 atom stereocenters. The van der Waals surface area contributed by atoms with Crippen molar-refractivity contribution in [3.8, 4) is 11.5 Å². The third-order valence-electron chi connectivity index (χ3n) is 3.48. The molecule has 1 aromatic rings. The Hall–Kier alpha value is -1.37. The molecule has 2 rings (SSSR count). The number of hydrogen-bond acceptors (Lipinski definition) is 5. The number of benzene rings is 1. The molecule has 1 saturated heterocycles. The Labute approximate surface area is 124 Å². The van der Waals surface area contributed by atoms with Gasteiger partial charge in [0.15, 0.2) is 11.5 Å². The van der Waals surface area contributed by atoms with Gasteiger partial charge in [-0.05, 0) is 12.6 Å². The van der Waals surface area contributed by atoms with Crippen molar-refractivity contribution in [2.45, 2.75) is 19.1 Å². The number of likely N-dealkylation sites (N-methyl/N-ethyl adjacent to an activating group) is 1. The molecule has 0 saturated carbocycles. The van der Waals surface area contributed by atoms with Gasteiger partial charge in [0, 0.05) is 11.6 Å². The molecule has 1 aromatic carbocycles. The maximum atomic E-state index is 14.4. The fraction of sp³-hybridized carbons (Fsp3) is 0.600. The molecule has 1 aliphatic rings. The van der Waals surface area contributed by atoms with E-state index in [1.165, 1.54) is 20.3 Å². The normalized spacial score (nSPS) is 20.1. The van der Waals surface area contributed by atoms with E-state index < -0.39 is 0 Å². The number of hydrogen-bond donors (Lipinski definition) is 1. The molecule has 1 fully saturated rings. The van der Waals surface area contributed by atoms with Gasteiger partial charge < -0.3 is 24.3 Å². The molecule has 21 heavy (non-hydrogen) atoms. The van der Waals surface area contributed by atoms with Crippen molar-refractivity contribution in [3.05, 3.63) is 23.5 Å². The number of methoxy groups -OCH3 is 2. The van der Waals surface area contributed by atoms with Crippen LogP contribution in [0.3, 0.4) is 0 Å². The lowest BCUT2D eigenvalue weighted by molar-refractivity contribution is -0.102. The summed E-state index contributed by atoms with van der Waals surface area (Å²) in [6.45, 7) is 4.18. The highest BCUT2D eigenvalue weighted by molar-refractivity contribution is 5.45. The Balaban J connectivity index is 2.34. The van der Waals surface area contributed by atoms with E-state index in [0.29, 0.717) is 43.4 Å². The smallest absolute Gasteiger partial charge is 0.163 e. The van der Waals surface area contributed by atoms with Crippen molar-refractivity contribution in [1.29, 1.82) is 0 Å². The van der Waals surface area contributed by atoms with E-state index in [0.717, 1.165) is 0 Å². The van der Waals surface area contributed by atoms with Gasteiger partial charge in [-0.1, -0.05) is 6.92 Å². The average Bonchev–Trinajstić information content (AvgIpc) is 2.53. The van der Waals surface area contributed by atoms with Gasteiger partial charge in [-0.15, -0.1) is 0 Å². The van der Waals surface area contributed by atoms with Gasteiger partial charge in [-0.25, -0.2) is 4.39 Å². The number of rotatable bonds is 6.